The van der Waals surface area contributed by atoms with Crippen molar-refractivity contribution in [2.45, 2.75) is 89.4 Å². The molecule has 0 atom stereocenters. The van der Waals surface area contributed by atoms with Crippen LogP contribution < -0.4 is 10.6 Å². The summed E-state index contributed by atoms with van der Waals surface area (Å²) in [4.78, 5) is 0. The minimum absolute atomic E-state index is 0. The van der Waals surface area contributed by atoms with Gasteiger partial charge in [0.2, 0.25) is 0 Å². The summed E-state index contributed by atoms with van der Waals surface area (Å²) in [5.41, 5.74) is 2.07. The zero-order valence-corrected chi connectivity index (χ0v) is 26.0. The van der Waals surface area contributed by atoms with Gasteiger partial charge in [-0.3, -0.25) is 0 Å². The van der Waals surface area contributed by atoms with Crippen LogP contribution in [0.4, 0.5) is 0 Å². The van der Waals surface area contributed by atoms with E-state index in [0.717, 1.165) is 11.3 Å². The number of rotatable bonds is 6. The molecule has 2 aliphatic carbocycles. The standard InChI is InChI=1S/C18H27P.C10H15P.4ClH/c1-4-10-16(11-5-1)19(17-12-6-2-7-13-17)18-14-8-3-9-15-18;1-3-11(4-2)10-8-6-5-7-9-10;;;;/h1,4-5,10-11,17-18H,2-3,6-9,12-15H2;5-9H,3-4H2,1-2H3;4*1H. The predicted molar refractivity (Wildman–Crippen MR) is 170 cm³/mol. The zero-order chi connectivity index (χ0) is 21.0. The molecule has 2 saturated carbocycles. The Kier molecular flexibility index (Phi) is 23.2. The lowest BCUT2D eigenvalue weighted by Crippen LogP contribution is -2.26. The van der Waals surface area contributed by atoms with E-state index < -0.39 is 0 Å². The van der Waals surface area contributed by atoms with Crippen molar-refractivity contribution in [3.63, 3.8) is 0 Å². The van der Waals surface area contributed by atoms with Crippen LogP contribution in [0.1, 0.15) is 78.1 Å². The average molecular weight is 586 g/mol. The fourth-order valence-corrected chi connectivity index (χ4v) is 10.8. The van der Waals surface area contributed by atoms with Gasteiger partial charge in [0, 0.05) is 0 Å². The van der Waals surface area contributed by atoms with E-state index in [2.05, 4.69) is 74.5 Å². The molecule has 0 N–H and O–H groups in total. The quantitative estimate of drug-likeness (QED) is 0.296. The highest BCUT2D eigenvalue weighted by Crippen LogP contribution is 2.54. The maximum absolute atomic E-state index is 2.43. The van der Waals surface area contributed by atoms with E-state index in [1.807, 2.05) is 0 Å². The minimum atomic E-state index is 0. The Labute approximate surface area is 237 Å². The van der Waals surface area contributed by atoms with Gasteiger partial charge in [-0.2, -0.15) is 0 Å². The van der Waals surface area contributed by atoms with E-state index in [1.54, 1.807) is 10.6 Å². The van der Waals surface area contributed by atoms with Gasteiger partial charge in [0.1, 0.15) is 0 Å². The Morgan fingerprint density at radius 2 is 0.882 bits per heavy atom. The van der Waals surface area contributed by atoms with E-state index in [-0.39, 0.29) is 65.5 Å². The van der Waals surface area contributed by atoms with Gasteiger partial charge >= 0.3 is 0 Å². The lowest BCUT2D eigenvalue weighted by atomic mass is 9.99. The van der Waals surface area contributed by atoms with Crippen LogP contribution in [0.25, 0.3) is 0 Å². The van der Waals surface area contributed by atoms with Crippen molar-refractivity contribution in [1.29, 1.82) is 0 Å². The molecule has 196 valence electrons. The lowest BCUT2D eigenvalue weighted by molar-refractivity contribution is 0.487. The summed E-state index contributed by atoms with van der Waals surface area (Å²) in [7, 11) is 0.257. The first kappa shape index (κ1) is 36.6. The second-order valence-electron chi connectivity index (χ2n) is 8.83. The Morgan fingerprint density at radius 3 is 1.24 bits per heavy atom. The third-order valence-corrected chi connectivity index (χ3v) is 12.9. The largest absolute Gasteiger partial charge is 0.147 e. The Bertz CT molecular complexity index is 668. The number of hydrogen-bond acceptors (Lipinski definition) is 0. The molecule has 0 nitrogen and oxygen atoms in total. The fraction of sp³-hybridized carbons (Fsp3) is 0.571. The first-order chi connectivity index (χ1) is 14.8. The molecule has 2 aromatic rings. The van der Waals surface area contributed by atoms with Crippen molar-refractivity contribution in [3.05, 3.63) is 60.7 Å². The highest BCUT2D eigenvalue weighted by molar-refractivity contribution is 7.67. The summed E-state index contributed by atoms with van der Waals surface area (Å²) in [6.07, 6.45) is 17.6. The average Bonchev–Trinajstić information content (AvgIpc) is 2.83. The van der Waals surface area contributed by atoms with Crippen LogP contribution >= 0.6 is 65.5 Å². The summed E-state index contributed by atoms with van der Waals surface area (Å²) < 4.78 is 0. The van der Waals surface area contributed by atoms with Gasteiger partial charge in [0.25, 0.3) is 0 Å². The van der Waals surface area contributed by atoms with Gasteiger partial charge in [-0.1, -0.05) is 129 Å². The first-order valence-electron chi connectivity index (χ1n) is 12.5. The molecule has 0 radical (unpaired) electrons. The molecule has 0 bridgehead atoms. The monoisotopic (exact) mass is 584 g/mol. The first-order valence-corrected chi connectivity index (χ1v) is 15.7. The topological polar surface area (TPSA) is 0 Å². The molecule has 0 amide bonds. The molecule has 0 aliphatic heterocycles. The van der Waals surface area contributed by atoms with Crippen molar-refractivity contribution in [1.82, 2.24) is 0 Å². The minimum Gasteiger partial charge on any atom is -0.147 e. The van der Waals surface area contributed by atoms with Crippen molar-refractivity contribution >= 4 is 76.1 Å². The molecule has 0 saturated heterocycles. The number of halogens is 4. The SMILES string of the molecule is CCP(CC)c1ccccc1.Cl.Cl.Cl.Cl.c1ccc(P(C2CCCCC2)C2CCCCC2)cc1. The van der Waals surface area contributed by atoms with E-state index in [1.165, 1.54) is 76.5 Å². The van der Waals surface area contributed by atoms with Crippen LogP contribution in [-0.4, -0.2) is 23.6 Å². The van der Waals surface area contributed by atoms with E-state index in [0.29, 0.717) is 0 Å². The Balaban J connectivity index is 0. The molecule has 4 rings (SSSR count). The highest BCUT2D eigenvalue weighted by Gasteiger charge is 2.31. The van der Waals surface area contributed by atoms with Gasteiger partial charge in [0.05, 0.1) is 0 Å². The summed E-state index contributed by atoms with van der Waals surface area (Å²) in [5.74, 6) is 0. The predicted octanol–water partition coefficient (Wildman–Crippen LogP) is 9.98. The van der Waals surface area contributed by atoms with E-state index in [4.69, 9.17) is 0 Å². The molecule has 0 spiro atoms. The summed E-state index contributed by atoms with van der Waals surface area (Å²) in [6, 6.07) is 22.4. The Morgan fingerprint density at radius 1 is 0.529 bits per heavy atom. The molecule has 2 aliphatic rings. The van der Waals surface area contributed by atoms with Crippen molar-refractivity contribution in [2.24, 2.45) is 0 Å². The molecule has 34 heavy (non-hydrogen) atoms. The highest BCUT2D eigenvalue weighted by atomic mass is 35.5. The van der Waals surface area contributed by atoms with E-state index in [9.17, 15) is 0 Å². The number of benzene rings is 2. The van der Waals surface area contributed by atoms with Crippen LogP contribution in [0.2, 0.25) is 0 Å². The van der Waals surface area contributed by atoms with Crippen molar-refractivity contribution in [2.75, 3.05) is 12.3 Å². The third kappa shape index (κ3) is 11.7. The second-order valence-corrected chi connectivity index (χ2v) is 14.5. The van der Waals surface area contributed by atoms with Gasteiger partial charge < -0.3 is 0 Å². The van der Waals surface area contributed by atoms with Crippen LogP contribution in [0, 0.1) is 0 Å². The summed E-state index contributed by atoms with van der Waals surface area (Å²) in [6.45, 7) is 4.56. The van der Waals surface area contributed by atoms with Gasteiger partial charge in [-0.15, -0.1) is 49.6 Å². The van der Waals surface area contributed by atoms with Gasteiger partial charge in [-0.05, 0) is 59.9 Å². The number of hydrogen-bond donors (Lipinski definition) is 0. The molecule has 0 unspecified atom stereocenters. The molecule has 0 aromatic heterocycles. The molecule has 6 heteroatoms. The summed E-state index contributed by atoms with van der Waals surface area (Å²) >= 11 is 0. The molecule has 2 aromatic carbocycles. The lowest BCUT2D eigenvalue weighted by Gasteiger charge is -2.38. The Hall–Kier alpha value is 0.460. The van der Waals surface area contributed by atoms with Crippen molar-refractivity contribution in [3.8, 4) is 0 Å². The smallest absolute Gasteiger partial charge is 0.0166 e. The fourth-order valence-electron chi connectivity index (χ4n) is 5.27. The van der Waals surface area contributed by atoms with Crippen molar-refractivity contribution < 1.29 is 0 Å². The maximum atomic E-state index is 2.43. The molecular formula is C28H46Cl4P2. The van der Waals surface area contributed by atoms with Gasteiger partial charge in [0.15, 0.2) is 0 Å². The molecular weight excluding hydrogens is 540 g/mol. The van der Waals surface area contributed by atoms with Crippen LogP contribution in [-0.2, 0) is 0 Å². The van der Waals surface area contributed by atoms with Crippen LogP contribution in [0.15, 0.2) is 60.7 Å². The van der Waals surface area contributed by atoms with Gasteiger partial charge in [-0.25, -0.2) is 0 Å². The molecule has 0 heterocycles. The van der Waals surface area contributed by atoms with Crippen LogP contribution in [0.3, 0.4) is 0 Å². The maximum Gasteiger partial charge on any atom is -0.0166 e. The molecule has 2 fully saturated rings. The van der Waals surface area contributed by atoms with Crippen LogP contribution in [0.5, 0.6) is 0 Å². The normalized spacial score (nSPS) is 16.1. The second kappa shape index (κ2) is 21.5. The van der Waals surface area contributed by atoms with E-state index >= 15 is 0 Å². The summed E-state index contributed by atoms with van der Waals surface area (Å²) in [5, 5.41) is 3.25. The zero-order valence-electron chi connectivity index (χ0n) is 20.9. The third-order valence-electron chi connectivity index (χ3n) is 6.88.